The fourth-order valence-corrected chi connectivity index (χ4v) is 5.94. The number of methoxy groups -OCH3 is 1. The summed E-state index contributed by atoms with van der Waals surface area (Å²) in [5.41, 5.74) is 4.15. The number of fused-ring (bicyclic) bond motifs is 2. The van der Waals surface area contributed by atoms with Gasteiger partial charge in [0.15, 0.2) is 0 Å². The summed E-state index contributed by atoms with van der Waals surface area (Å²) in [7, 11) is 1.70. The molecule has 3 atom stereocenters. The molecule has 1 aliphatic carbocycles. The van der Waals surface area contributed by atoms with Crippen LogP contribution in [0.1, 0.15) is 65.7 Å². The second kappa shape index (κ2) is 8.61. The molecule has 1 fully saturated rings. The van der Waals surface area contributed by atoms with E-state index in [0.29, 0.717) is 25.6 Å². The third-order valence-electron chi connectivity index (χ3n) is 7.73. The van der Waals surface area contributed by atoms with E-state index < -0.39 is 0 Å². The molecule has 0 aromatic heterocycles. The first kappa shape index (κ1) is 21.0. The Morgan fingerprint density at radius 2 is 1.91 bits per heavy atom. The van der Waals surface area contributed by atoms with Gasteiger partial charge in [-0.2, -0.15) is 0 Å². The highest BCUT2D eigenvalue weighted by molar-refractivity contribution is 5.98. The van der Waals surface area contributed by atoms with Gasteiger partial charge in [-0.1, -0.05) is 50.1 Å². The van der Waals surface area contributed by atoms with Crippen LogP contribution in [0.25, 0.3) is 0 Å². The zero-order valence-corrected chi connectivity index (χ0v) is 19.0. The summed E-state index contributed by atoms with van der Waals surface area (Å²) in [6.07, 6.45) is 5.23. The van der Waals surface area contributed by atoms with Gasteiger partial charge in [0, 0.05) is 36.7 Å². The molecular weight excluding hydrogens is 400 g/mol. The molecule has 168 valence electrons. The number of carbonyl (C=O) groups excluding carboxylic acids is 2. The van der Waals surface area contributed by atoms with Gasteiger partial charge in [0.2, 0.25) is 5.91 Å². The van der Waals surface area contributed by atoms with Gasteiger partial charge >= 0.3 is 0 Å². The van der Waals surface area contributed by atoms with E-state index in [1.807, 2.05) is 41.3 Å². The number of nitrogens with zero attached hydrogens (tertiary/aromatic N) is 2. The zero-order valence-electron chi connectivity index (χ0n) is 19.0. The average Bonchev–Trinajstić information content (AvgIpc) is 3.14. The molecule has 2 heterocycles. The number of hydrogen-bond donors (Lipinski definition) is 0. The molecule has 32 heavy (non-hydrogen) atoms. The predicted molar refractivity (Wildman–Crippen MR) is 123 cm³/mol. The molecular formula is C27H32N2O3. The van der Waals surface area contributed by atoms with Crippen LogP contribution in [0, 0.1) is 11.8 Å². The van der Waals surface area contributed by atoms with Gasteiger partial charge in [-0.3, -0.25) is 9.59 Å². The van der Waals surface area contributed by atoms with E-state index in [2.05, 4.69) is 17.9 Å². The molecule has 5 rings (SSSR count). The SMILES string of the molecule is COc1cccc2c1CCN(C(=O)[C@@H]1CCCC[C@@H]1C)[C@@H]2CN1Cc2ccccc2C1=O. The van der Waals surface area contributed by atoms with Gasteiger partial charge < -0.3 is 14.5 Å². The topological polar surface area (TPSA) is 49.9 Å². The summed E-state index contributed by atoms with van der Waals surface area (Å²) >= 11 is 0. The van der Waals surface area contributed by atoms with Crippen molar-refractivity contribution in [2.45, 2.75) is 51.6 Å². The van der Waals surface area contributed by atoms with E-state index in [1.54, 1.807) is 7.11 Å². The number of benzene rings is 2. The lowest BCUT2D eigenvalue weighted by molar-refractivity contribution is -0.141. The number of amides is 2. The maximum Gasteiger partial charge on any atom is 0.254 e. The normalized spacial score (nSPS) is 24.8. The largest absolute Gasteiger partial charge is 0.496 e. The molecule has 0 radical (unpaired) electrons. The van der Waals surface area contributed by atoms with Crippen LogP contribution in [0.5, 0.6) is 5.75 Å². The van der Waals surface area contributed by atoms with Crippen LogP contribution < -0.4 is 4.74 Å². The van der Waals surface area contributed by atoms with E-state index >= 15 is 0 Å². The minimum atomic E-state index is -0.145. The van der Waals surface area contributed by atoms with Crippen LogP contribution in [-0.4, -0.2) is 41.8 Å². The Hall–Kier alpha value is -2.82. The van der Waals surface area contributed by atoms with Crippen molar-refractivity contribution < 1.29 is 14.3 Å². The van der Waals surface area contributed by atoms with Crippen molar-refractivity contribution in [1.82, 2.24) is 9.80 Å². The van der Waals surface area contributed by atoms with Crippen molar-refractivity contribution in [2.75, 3.05) is 20.2 Å². The summed E-state index contributed by atoms with van der Waals surface area (Å²) in [5, 5.41) is 0. The first-order valence-corrected chi connectivity index (χ1v) is 11.9. The molecule has 2 aromatic carbocycles. The van der Waals surface area contributed by atoms with E-state index in [4.69, 9.17) is 4.74 Å². The summed E-state index contributed by atoms with van der Waals surface area (Å²) in [5.74, 6) is 1.71. The first-order valence-electron chi connectivity index (χ1n) is 11.9. The van der Waals surface area contributed by atoms with Crippen LogP contribution in [0.15, 0.2) is 42.5 Å². The van der Waals surface area contributed by atoms with Crippen LogP contribution >= 0.6 is 0 Å². The highest BCUT2D eigenvalue weighted by Gasteiger charge is 2.40. The highest BCUT2D eigenvalue weighted by atomic mass is 16.5. The maximum absolute atomic E-state index is 13.8. The minimum Gasteiger partial charge on any atom is -0.496 e. The molecule has 0 unspecified atom stereocenters. The Balaban J connectivity index is 1.48. The fraction of sp³-hybridized carbons (Fsp3) is 0.481. The van der Waals surface area contributed by atoms with Gasteiger partial charge in [-0.05, 0) is 48.4 Å². The Kier molecular flexibility index (Phi) is 5.66. The van der Waals surface area contributed by atoms with Crippen molar-refractivity contribution in [3.05, 3.63) is 64.7 Å². The zero-order chi connectivity index (χ0) is 22.2. The molecule has 0 spiro atoms. The molecule has 5 heteroatoms. The molecule has 0 saturated heterocycles. The summed E-state index contributed by atoms with van der Waals surface area (Å²) < 4.78 is 5.65. The fourth-order valence-electron chi connectivity index (χ4n) is 5.94. The monoisotopic (exact) mass is 432 g/mol. The van der Waals surface area contributed by atoms with E-state index in [0.717, 1.165) is 48.1 Å². The summed E-state index contributed by atoms with van der Waals surface area (Å²) in [4.78, 5) is 30.9. The number of rotatable bonds is 4. The Morgan fingerprint density at radius 3 is 2.69 bits per heavy atom. The van der Waals surface area contributed by atoms with Crippen molar-refractivity contribution in [2.24, 2.45) is 11.8 Å². The quantitative estimate of drug-likeness (QED) is 0.709. The van der Waals surface area contributed by atoms with Crippen LogP contribution in [0.3, 0.4) is 0 Å². The lowest BCUT2D eigenvalue weighted by Crippen LogP contribution is -2.48. The predicted octanol–water partition coefficient (Wildman–Crippen LogP) is 4.60. The van der Waals surface area contributed by atoms with Crippen molar-refractivity contribution in [3.8, 4) is 5.75 Å². The van der Waals surface area contributed by atoms with E-state index in [9.17, 15) is 9.59 Å². The number of ether oxygens (including phenoxy) is 1. The Bertz CT molecular complexity index is 1030. The van der Waals surface area contributed by atoms with Crippen molar-refractivity contribution in [1.29, 1.82) is 0 Å². The average molecular weight is 433 g/mol. The molecule has 1 saturated carbocycles. The Morgan fingerprint density at radius 1 is 1.09 bits per heavy atom. The highest BCUT2D eigenvalue weighted by Crippen LogP contribution is 2.40. The molecule has 2 amide bonds. The van der Waals surface area contributed by atoms with Gasteiger partial charge in [0.05, 0.1) is 13.2 Å². The van der Waals surface area contributed by atoms with Crippen LogP contribution in [-0.2, 0) is 17.8 Å². The lowest BCUT2D eigenvalue weighted by Gasteiger charge is -2.42. The molecule has 5 nitrogen and oxygen atoms in total. The second-order valence-electron chi connectivity index (χ2n) is 9.54. The van der Waals surface area contributed by atoms with Gasteiger partial charge in [0.1, 0.15) is 5.75 Å². The number of hydrogen-bond acceptors (Lipinski definition) is 3. The van der Waals surface area contributed by atoms with Gasteiger partial charge in [-0.15, -0.1) is 0 Å². The molecule has 2 aliphatic heterocycles. The van der Waals surface area contributed by atoms with Gasteiger partial charge in [-0.25, -0.2) is 0 Å². The van der Waals surface area contributed by atoms with Crippen LogP contribution in [0.4, 0.5) is 0 Å². The van der Waals surface area contributed by atoms with Crippen molar-refractivity contribution in [3.63, 3.8) is 0 Å². The van der Waals surface area contributed by atoms with Crippen LogP contribution in [0.2, 0.25) is 0 Å². The van der Waals surface area contributed by atoms with Gasteiger partial charge in [0.25, 0.3) is 5.91 Å². The third kappa shape index (κ3) is 3.58. The molecule has 0 bridgehead atoms. The second-order valence-corrected chi connectivity index (χ2v) is 9.54. The third-order valence-corrected chi connectivity index (χ3v) is 7.73. The minimum absolute atomic E-state index is 0.0639. The molecule has 2 aromatic rings. The molecule has 3 aliphatic rings. The molecule has 0 N–H and O–H groups in total. The summed E-state index contributed by atoms with van der Waals surface area (Å²) in [6.45, 7) is 4.01. The smallest absolute Gasteiger partial charge is 0.254 e. The number of carbonyl (C=O) groups is 2. The lowest BCUT2D eigenvalue weighted by atomic mass is 9.78. The van der Waals surface area contributed by atoms with E-state index in [1.165, 1.54) is 12.0 Å². The first-order chi connectivity index (χ1) is 15.6. The summed E-state index contributed by atoms with van der Waals surface area (Å²) in [6, 6.07) is 13.8. The maximum atomic E-state index is 13.8. The van der Waals surface area contributed by atoms with E-state index in [-0.39, 0.29) is 23.8 Å². The Labute approximate surface area is 190 Å². The standard InChI is InChI=1S/C27H32N2O3/c1-18-8-3-5-10-20(18)27(31)29-15-14-23-22(12-7-13-25(23)32-2)24(29)17-28-16-19-9-4-6-11-21(19)26(28)30/h4,6-7,9,11-13,18,20,24H,3,5,8,10,14-17H2,1-2H3/t18-,20+,24+/m0/s1. The van der Waals surface area contributed by atoms with Crippen molar-refractivity contribution >= 4 is 11.8 Å².